The summed E-state index contributed by atoms with van der Waals surface area (Å²) in [7, 11) is 0. The summed E-state index contributed by atoms with van der Waals surface area (Å²) in [6, 6.07) is 21.1. The van der Waals surface area contributed by atoms with E-state index in [9.17, 15) is 4.79 Å². The molecule has 0 N–H and O–H groups in total. The summed E-state index contributed by atoms with van der Waals surface area (Å²) in [6.07, 6.45) is 4.40. The van der Waals surface area contributed by atoms with Gasteiger partial charge >= 0.3 is 5.97 Å². The van der Waals surface area contributed by atoms with Crippen molar-refractivity contribution in [2.24, 2.45) is 0 Å². The van der Waals surface area contributed by atoms with Gasteiger partial charge in [0.25, 0.3) is 0 Å². The first kappa shape index (κ1) is 19.8. The molecule has 0 bridgehead atoms. The molecule has 0 aliphatic rings. The predicted octanol–water partition coefficient (Wildman–Crippen LogP) is 4.59. The van der Waals surface area contributed by atoms with Crippen LogP contribution in [0.5, 0.6) is 5.75 Å². The Balaban J connectivity index is 1.54. The Morgan fingerprint density at radius 3 is 2.50 bits per heavy atom. The largest absolute Gasteiger partial charge is 0.426 e. The number of para-hydroxylation sites is 1. The number of ether oxygens (including phenoxy) is 1. The summed E-state index contributed by atoms with van der Waals surface area (Å²) in [5.74, 6) is 0.988. The molecule has 2 aromatic heterocycles. The molecule has 7 heteroatoms. The van der Waals surface area contributed by atoms with Gasteiger partial charge in [-0.05, 0) is 48.4 Å². The Kier molecular flexibility index (Phi) is 6.20. The van der Waals surface area contributed by atoms with Gasteiger partial charge in [-0.25, -0.2) is 0 Å². The normalized spacial score (nSPS) is 10.7. The van der Waals surface area contributed by atoms with Crippen molar-refractivity contribution in [1.82, 2.24) is 19.7 Å². The molecule has 0 radical (unpaired) electrons. The maximum Gasteiger partial charge on any atom is 0.321 e. The standard InChI is InChI=1S/C23H20N4O2S/c1-2-17-10-12-20(13-11-17)29-21(28)16-30-23-26-25-22(18-7-6-14-24-15-18)27(23)19-8-4-3-5-9-19/h3-15H,2,16H2,1H3. The highest BCUT2D eigenvalue weighted by Gasteiger charge is 2.18. The van der Waals surface area contributed by atoms with Crippen LogP contribution in [0.15, 0.2) is 84.3 Å². The van der Waals surface area contributed by atoms with Gasteiger partial charge in [-0.1, -0.05) is 49.0 Å². The molecule has 4 aromatic rings. The number of benzene rings is 2. The molecule has 0 unspecified atom stereocenters. The van der Waals surface area contributed by atoms with Gasteiger partial charge in [0.1, 0.15) is 5.75 Å². The van der Waals surface area contributed by atoms with Crippen molar-refractivity contribution in [2.75, 3.05) is 5.75 Å². The Morgan fingerprint density at radius 1 is 1.00 bits per heavy atom. The first-order chi connectivity index (χ1) is 14.7. The number of aryl methyl sites for hydroxylation is 1. The highest BCUT2D eigenvalue weighted by Crippen LogP contribution is 2.27. The summed E-state index contributed by atoms with van der Waals surface area (Å²) in [4.78, 5) is 16.5. The zero-order valence-corrected chi connectivity index (χ0v) is 17.2. The molecular formula is C23H20N4O2S. The number of pyridine rings is 1. The van der Waals surface area contributed by atoms with Crippen LogP contribution in [-0.4, -0.2) is 31.5 Å². The lowest BCUT2D eigenvalue weighted by Crippen LogP contribution is -2.11. The zero-order valence-electron chi connectivity index (χ0n) is 16.4. The Morgan fingerprint density at radius 2 is 1.80 bits per heavy atom. The lowest BCUT2D eigenvalue weighted by molar-refractivity contribution is -0.131. The van der Waals surface area contributed by atoms with Crippen molar-refractivity contribution in [2.45, 2.75) is 18.5 Å². The fraction of sp³-hybridized carbons (Fsp3) is 0.130. The summed E-state index contributed by atoms with van der Waals surface area (Å²) >= 11 is 1.29. The summed E-state index contributed by atoms with van der Waals surface area (Å²) in [5, 5.41) is 9.26. The third-order valence-corrected chi connectivity index (χ3v) is 5.35. The van der Waals surface area contributed by atoms with E-state index in [2.05, 4.69) is 22.1 Å². The maximum atomic E-state index is 12.4. The van der Waals surface area contributed by atoms with E-state index in [1.165, 1.54) is 17.3 Å². The molecule has 2 aromatic carbocycles. The number of hydrogen-bond acceptors (Lipinski definition) is 6. The van der Waals surface area contributed by atoms with E-state index in [1.807, 2.05) is 71.3 Å². The zero-order chi connectivity index (χ0) is 20.8. The summed E-state index contributed by atoms with van der Waals surface area (Å²) in [6.45, 7) is 2.08. The molecule has 30 heavy (non-hydrogen) atoms. The highest BCUT2D eigenvalue weighted by atomic mass is 32.2. The quantitative estimate of drug-likeness (QED) is 0.249. The third-order valence-electron chi connectivity index (χ3n) is 4.45. The molecule has 0 amide bonds. The van der Waals surface area contributed by atoms with E-state index in [0.29, 0.717) is 16.7 Å². The van der Waals surface area contributed by atoms with Crippen molar-refractivity contribution in [3.05, 3.63) is 84.7 Å². The fourth-order valence-electron chi connectivity index (χ4n) is 2.93. The number of carbonyl (C=O) groups excluding carboxylic acids is 1. The van der Waals surface area contributed by atoms with Gasteiger partial charge in [0.15, 0.2) is 11.0 Å². The number of aromatic nitrogens is 4. The monoisotopic (exact) mass is 416 g/mol. The van der Waals surface area contributed by atoms with Crippen LogP contribution in [0.25, 0.3) is 17.1 Å². The van der Waals surface area contributed by atoms with E-state index in [0.717, 1.165) is 17.7 Å². The first-order valence-electron chi connectivity index (χ1n) is 9.58. The average Bonchev–Trinajstić information content (AvgIpc) is 3.23. The smallest absolute Gasteiger partial charge is 0.321 e. The van der Waals surface area contributed by atoms with Gasteiger partial charge in [0, 0.05) is 23.6 Å². The lowest BCUT2D eigenvalue weighted by Gasteiger charge is -2.10. The summed E-state index contributed by atoms with van der Waals surface area (Å²) < 4.78 is 7.37. The van der Waals surface area contributed by atoms with Crippen molar-refractivity contribution in [3.63, 3.8) is 0 Å². The van der Waals surface area contributed by atoms with Gasteiger partial charge in [-0.15, -0.1) is 10.2 Å². The predicted molar refractivity (Wildman–Crippen MR) is 117 cm³/mol. The second-order valence-electron chi connectivity index (χ2n) is 6.48. The van der Waals surface area contributed by atoms with E-state index in [-0.39, 0.29) is 11.7 Å². The van der Waals surface area contributed by atoms with E-state index in [1.54, 1.807) is 12.4 Å². The highest BCUT2D eigenvalue weighted by molar-refractivity contribution is 7.99. The molecule has 0 aliphatic carbocycles. The molecule has 0 aliphatic heterocycles. The molecular weight excluding hydrogens is 396 g/mol. The number of nitrogens with zero attached hydrogens (tertiary/aromatic N) is 4. The van der Waals surface area contributed by atoms with Gasteiger partial charge in [0.05, 0.1) is 5.75 Å². The number of esters is 1. The van der Waals surface area contributed by atoms with Crippen LogP contribution in [0.2, 0.25) is 0 Å². The van der Waals surface area contributed by atoms with Gasteiger partial charge in [-0.3, -0.25) is 14.3 Å². The minimum atomic E-state index is -0.338. The maximum absolute atomic E-state index is 12.4. The van der Waals surface area contributed by atoms with Crippen molar-refractivity contribution >= 4 is 17.7 Å². The average molecular weight is 417 g/mol. The lowest BCUT2D eigenvalue weighted by atomic mass is 10.2. The topological polar surface area (TPSA) is 69.9 Å². The van der Waals surface area contributed by atoms with Gasteiger partial charge < -0.3 is 4.74 Å². The van der Waals surface area contributed by atoms with Gasteiger partial charge in [0.2, 0.25) is 0 Å². The minimum absolute atomic E-state index is 0.119. The molecule has 150 valence electrons. The van der Waals surface area contributed by atoms with Crippen LogP contribution in [0.4, 0.5) is 0 Å². The third kappa shape index (κ3) is 4.58. The molecule has 6 nitrogen and oxygen atoms in total. The van der Waals surface area contributed by atoms with E-state index in [4.69, 9.17) is 4.74 Å². The molecule has 0 atom stereocenters. The van der Waals surface area contributed by atoms with Crippen LogP contribution in [0.1, 0.15) is 12.5 Å². The second-order valence-corrected chi connectivity index (χ2v) is 7.42. The fourth-order valence-corrected chi connectivity index (χ4v) is 3.66. The molecule has 4 rings (SSSR count). The first-order valence-corrected chi connectivity index (χ1v) is 10.6. The minimum Gasteiger partial charge on any atom is -0.426 e. The molecule has 0 saturated heterocycles. The van der Waals surface area contributed by atoms with E-state index < -0.39 is 0 Å². The number of hydrogen-bond donors (Lipinski definition) is 0. The van der Waals surface area contributed by atoms with Crippen LogP contribution >= 0.6 is 11.8 Å². The second kappa shape index (κ2) is 9.37. The number of thioether (sulfide) groups is 1. The van der Waals surface area contributed by atoms with Crippen LogP contribution in [0, 0.1) is 0 Å². The molecule has 2 heterocycles. The Hall–Kier alpha value is -3.45. The van der Waals surface area contributed by atoms with Crippen LogP contribution < -0.4 is 4.74 Å². The molecule has 0 saturated carbocycles. The van der Waals surface area contributed by atoms with E-state index >= 15 is 0 Å². The summed E-state index contributed by atoms with van der Waals surface area (Å²) in [5.41, 5.74) is 2.95. The van der Waals surface area contributed by atoms with Gasteiger partial charge in [-0.2, -0.15) is 0 Å². The Labute approximate surface area is 179 Å². The van der Waals surface area contributed by atoms with Crippen molar-refractivity contribution in [3.8, 4) is 22.8 Å². The van der Waals surface area contributed by atoms with Crippen molar-refractivity contribution < 1.29 is 9.53 Å². The Bertz CT molecular complexity index is 1110. The molecule has 0 fully saturated rings. The number of carbonyl (C=O) groups is 1. The van der Waals surface area contributed by atoms with Crippen LogP contribution in [-0.2, 0) is 11.2 Å². The SMILES string of the molecule is CCc1ccc(OC(=O)CSc2nnc(-c3cccnc3)n2-c2ccccc2)cc1. The van der Waals surface area contributed by atoms with Crippen LogP contribution in [0.3, 0.4) is 0 Å². The molecule has 0 spiro atoms. The number of rotatable bonds is 7. The van der Waals surface area contributed by atoms with Crippen molar-refractivity contribution in [1.29, 1.82) is 0 Å².